The number of hydrogen-bond donors (Lipinski definition) is 2. The van der Waals surface area contributed by atoms with Gasteiger partial charge in [-0.1, -0.05) is 0 Å². The first kappa shape index (κ1) is 2.44. The quantitative estimate of drug-likeness (QED) is 0.564. The van der Waals surface area contributed by atoms with Crippen LogP contribution in [0.25, 0.3) is 0 Å². The van der Waals surface area contributed by atoms with Crippen LogP contribution in [-0.4, -0.2) is 54.3 Å². The number of rotatable bonds is 4. The van der Waals surface area contributed by atoms with Gasteiger partial charge in [-0.05, 0) is 0 Å². The lowest BCUT2D eigenvalue weighted by atomic mass is 10.2. The highest BCUT2D eigenvalue weighted by Gasteiger charge is 2.17. The summed E-state index contributed by atoms with van der Waals surface area (Å²) in [5.41, 5.74) is 0. The highest BCUT2D eigenvalue weighted by atomic mass is 16.4. The Balaban J connectivity index is 6.23. The third-order valence-electron chi connectivity index (χ3n) is 0.641. The fourth-order valence-electron chi connectivity index (χ4n) is 0.394. The second-order valence-electron chi connectivity index (χ2n) is 1.99. The minimum atomic E-state index is -3.64. The molecule has 0 aliphatic heterocycles. The number of likely N-dealkylation sites (N-methyl/N-ethyl adjacent to an activating group) is 1. The maximum absolute atomic E-state index is 10.7. The number of quaternary nitrogens is 1. The van der Waals surface area contributed by atoms with Crippen LogP contribution in [0.2, 0.25) is 0 Å². The van der Waals surface area contributed by atoms with Gasteiger partial charge in [-0.25, -0.2) is 0 Å². The molecule has 0 bridgehead atoms. The van der Waals surface area contributed by atoms with Crippen LogP contribution in [0.3, 0.4) is 0 Å². The Morgan fingerprint density at radius 2 is 2.36 bits per heavy atom. The summed E-state index contributed by atoms with van der Waals surface area (Å²) in [6, 6.07) is 0. The third-order valence-corrected chi connectivity index (χ3v) is 0.641. The molecule has 0 aliphatic carbocycles. The molecule has 0 amide bonds. The maximum atomic E-state index is 10.7. The summed E-state index contributed by atoms with van der Waals surface area (Å²) >= 11 is 0. The number of carbonyl (C=O) groups is 1. The van der Waals surface area contributed by atoms with Crippen LogP contribution in [0.4, 0.5) is 0 Å². The summed E-state index contributed by atoms with van der Waals surface area (Å²) in [5.74, 6) is -2.25. The van der Waals surface area contributed by atoms with Gasteiger partial charge < -0.3 is 14.7 Å². The number of nitrogens with zero attached hydrogens (tertiary/aromatic N) is 1. The Kier molecular flexibility index (Phi) is 0.817. The van der Waals surface area contributed by atoms with Crippen molar-refractivity contribution in [2.45, 2.75) is 12.5 Å². The Labute approximate surface area is 80.7 Å². The zero-order valence-electron chi connectivity index (χ0n) is 15.8. The zero-order valence-corrected chi connectivity index (χ0v) is 5.83. The fraction of sp³-hybridized carbons (Fsp3) is 0.857. The molecule has 11 heavy (non-hydrogen) atoms. The van der Waals surface area contributed by atoms with Crippen LogP contribution < -0.4 is 0 Å². The highest BCUT2D eigenvalue weighted by molar-refractivity contribution is 5.67. The van der Waals surface area contributed by atoms with E-state index >= 15 is 0 Å². The van der Waals surface area contributed by atoms with E-state index < -0.39 is 43.4 Å². The molecule has 0 heterocycles. The molecule has 0 aromatic heterocycles. The van der Waals surface area contributed by atoms with Crippen molar-refractivity contribution in [2.24, 2.45) is 0 Å². The average Bonchev–Trinajstić information content (AvgIpc) is 2.23. The average molecular weight is 172 g/mol. The predicted molar refractivity (Wildman–Crippen MR) is 41.2 cm³/mol. The van der Waals surface area contributed by atoms with Gasteiger partial charge in [0.1, 0.15) is 12.6 Å². The molecule has 0 fully saturated rings. The molecule has 4 heteroatoms. The second-order valence-corrected chi connectivity index (χ2v) is 1.99. The molecule has 0 aliphatic rings. The summed E-state index contributed by atoms with van der Waals surface area (Å²) in [6.07, 6.45) is -6.62. The monoisotopic (exact) mass is 172 g/mol. The first-order valence-electron chi connectivity index (χ1n) is 7.63. The molecule has 2 N–H and O–H groups in total. The molecule has 4 nitrogen and oxygen atoms in total. The van der Waals surface area contributed by atoms with Gasteiger partial charge in [-0.3, -0.25) is 4.79 Å². The number of aliphatic carboxylic acids is 1. The number of carboxylic acid groups (broad SMARTS) is 1. The minimum Gasteiger partial charge on any atom is -0.481 e. The first-order chi connectivity index (χ1) is 8.85. The van der Waals surface area contributed by atoms with Gasteiger partial charge in [0.2, 0.25) is 0 Å². The molecule has 0 radical (unpaired) electrons. The highest BCUT2D eigenvalue weighted by Crippen LogP contribution is 1.98. The molecular formula is C7H16NO3+. The van der Waals surface area contributed by atoms with Crippen molar-refractivity contribution in [2.75, 3.05) is 27.5 Å². The summed E-state index contributed by atoms with van der Waals surface area (Å²) in [4.78, 5) is 10.7. The summed E-state index contributed by atoms with van der Waals surface area (Å²) in [6.45, 7) is -10.7. The first-order valence-corrected chi connectivity index (χ1v) is 2.63. The van der Waals surface area contributed by atoms with E-state index in [9.17, 15) is 9.90 Å². The normalized spacial score (nSPS) is 32.9. The van der Waals surface area contributed by atoms with Gasteiger partial charge in [0.15, 0.2) is 0 Å². The lowest BCUT2D eigenvalue weighted by molar-refractivity contribution is -0.873. The largest absolute Gasteiger partial charge is 0.481 e. The molecule has 0 saturated carbocycles. The number of carboxylic acids is 1. The van der Waals surface area contributed by atoms with Gasteiger partial charge >= 0.3 is 5.97 Å². The van der Waals surface area contributed by atoms with Crippen molar-refractivity contribution in [1.29, 1.82) is 0 Å². The molecule has 0 aromatic rings. The molecule has 1 atom stereocenters. The standard InChI is InChI=1S/C7H15NO3/c1-8(2,3)5-6(9)4-7(10)11/h6,9H,4-5H2,1-3H3/p+1/t6-/m0/s1/i1D3,2D3,4D2,5D2. The van der Waals surface area contributed by atoms with E-state index in [-0.39, 0.29) is 0 Å². The van der Waals surface area contributed by atoms with E-state index in [4.69, 9.17) is 18.8 Å². The van der Waals surface area contributed by atoms with E-state index in [1.54, 1.807) is 0 Å². The summed E-state index contributed by atoms with van der Waals surface area (Å²) in [7, 11) is 0.446. The zero-order chi connectivity index (χ0) is 17.7. The summed E-state index contributed by atoms with van der Waals surface area (Å²) < 4.78 is 70.5. The Hall–Kier alpha value is -0.610. The smallest absolute Gasteiger partial charge is 0.306 e. The molecule has 0 rings (SSSR count). The third kappa shape index (κ3) is 7.29. The van der Waals surface area contributed by atoms with Gasteiger partial charge in [-0.15, -0.1) is 0 Å². The predicted octanol–water partition coefficient (Wildman–Crippen LogP) is -0.472. The topological polar surface area (TPSA) is 57.5 Å². The number of aliphatic hydroxyl groups is 1. The Morgan fingerprint density at radius 3 is 2.73 bits per heavy atom. The summed E-state index contributed by atoms with van der Waals surface area (Å²) in [5, 5.41) is 18.3. The maximum Gasteiger partial charge on any atom is 0.306 e. The van der Waals surface area contributed by atoms with E-state index in [0.29, 0.717) is 7.05 Å². The van der Waals surface area contributed by atoms with Crippen molar-refractivity contribution in [3.8, 4) is 0 Å². The van der Waals surface area contributed by atoms with E-state index in [1.807, 2.05) is 0 Å². The van der Waals surface area contributed by atoms with Gasteiger partial charge in [0, 0.05) is 2.74 Å². The van der Waals surface area contributed by atoms with E-state index in [2.05, 4.69) is 0 Å². The van der Waals surface area contributed by atoms with Crippen molar-refractivity contribution < 1.29 is 33.2 Å². The van der Waals surface area contributed by atoms with Crippen molar-refractivity contribution in [3.63, 3.8) is 0 Å². The van der Waals surface area contributed by atoms with Gasteiger partial charge in [-0.2, -0.15) is 0 Å². The SMILES string of the molecule is [2H]C([2H])(C(=O)O)[C@H](O)C([2H])([2H])[N+](C)(C([2H])([2H])[2H])C([2H])([2H])[2H]. The Bertz CT molecular complexity index is 400. The van der Waals surface area contributed by atoms with Crippen molar-refractivity contribution in [3.05, 3.63) is 0 Å². The van der Waals surface area contributed by atoms with E-state index in [0.717, 1.165) is 0 Å². The van der Waals surface area contributed by atoms with Gasteiger partial charge in [0.25, 0.3) is 0 Å². The number of hydrogen-bond acceptors (Lipinski definition) is 2. The molecule has 0 spiro atoms. The fourth-order valence-corrected chi connectivity index (χ4v) is 0.394. The second kappa shape index (κ2) is 3.69. The lowest BCUT2D eigenvalue weighted by Gasteiger charge is -2.25. The number of aliphatic hydroxyl groups excluding tert-OH is 1. The van der Waals surface area contributed by atoms with Crippen LogP contribution in [0.1, 0.15) is 20.1 Å². The van der Waals surface area contributed by atoms with Crippen LogP contribution in [0, 0.1) is 0 Å². The van der Waals surface area contributed by atoms with Gasteiger partial charge in [0.05, 0.1) is 38.3 Å². The van der Waals surface area contributed by atoms with Crippen LogP contribution in [0.5, 0.6) is 0 Å². The lowest BCUT2D eigenvalue weighted by Crippen LogP contribution is -2.42. The van der Waals surface area contributed by atoms with Crippen LogP contribution in [-0.2, 0) is 4.79 Å². The van der Waals surface area contributed by atoms with E-state index in [1.165, 1.54) is 0 Å². The van der Waals surface area contributed by atoms with Crippen molar-refractivity contribution >= 4 is 5.97 Å². The van der Waals surface area contributed by atoms with Crippen molar-refractivity contribution in [1.82, 2.24) is 0 Å². The molecule has 66 valence electrons. The van der Waals surface area contributed by atoms with Crippen LogP contribution in [0.15, 0.2) is 0 Å². The molecular weight excluding hydrogens is 146 g/mol. The molecule has 0 unspecified atom stereocenters. The molecule has 0 aromatic carbocycles. The Morgan fingerprint density at radius 1 is 1.82 bits per heavy atom. The minimum absolute atomic E-state index is 0.446. The molecule has 0 saturated heterocycles. The van der Waals surface area contributed by atoms with Crippen LogP contribution >= 0.6 is 0 Å².